The minimum Gasteiger partial charge on any atom is -0.365 e. The summed E-state index contributed by atoms with van der Waals surface area (Å²) in [5, 5.41) is 11.3. The number of nitrogens with zero attached hydrogens (tertiary/aromatic N) is 4. The Morgan fingerprint density at radius 3 is 2.53 bits per heavy atom. The molecule has 32 heavy (non-hydrogen) atoms. The molecule has 2 aromatic carbocycles. The van der Waals surface area contributed by atoms with Crippen molar-refractivity contribution in [3.05, 3.63) is 69.5 Å². The van der Waals surface area contributed by atoms with Crippen LogP contribution in [-0.2, 0) is 17.8 Å². The van der Waals surface area contributed by atoms with E-state index in [0.717, 1.165) is 62.4 Å². The summed E-state index contributed by atoms with van der Waals surface area (Å²) < 4.78 is 13.3. The molecular weight excluding hydrogens is 411 g/mol. The van der Waals surface area contributed by atoms with Crippen LogP contribution in [0, 0.1) is 21.8 Å². The van der Waals surface area contributed by atoms with Gasteiger partial charge < -0.3 is 9.80 Å². The summed E-state index contributed by atoms with van der Waals surface area (Å²) in [5.74, 6) is -0.301. The number of non-ortho nitro benzene ring substituents is 1. The number of hydrogen-bond acceptors (Lipinski definition) is 5. The minimum absolute atomic E-state index is 0.0197. The van der Waals surface area contributed by atoms with Gasteiger partial charge in [0.05, 0.1) is 16.9 Å². The van der Waals surface area contributed by atoms with Crippen molar-refractivity contribution in [3.63, 3.8) is 0 Å². The number of nitro groups is 1. The topological polar surface area (TPSA) is 69.9 Å². The summed E-state index contributed by atoms with van der Waals surface area (Å²) in [4.78, 5) is 31.0. The zero-order valence-corrected chi connectivity index (χ0v) is 18.0. The summed E-state index contributed by atoms with van der Waals surface area (Å²) in [6, 6.07) is 11.6. The highest BCUT2D eigenvalue weighted by Gasteiger charge is 2.43. The number of benzene rings is 2. The van der Waals surface area contributed by atoms with Crippen LogP contribution in [0.1, 0.15) is 24.0 Å². The highest BCUT2D eigenvalue weighted by molar-refractivity contribution is 5.82. The largest absolute Gasteiger partial charge is 0.365 e. The van der Waals surface area contributed by atoms with Crippen LogP contribution in [0.25, 0.3) is 0 Å². The van der Waals surface area contributed by atoms with Crippen molar-refractivity contribution >= 4 is 17.3 Å². The lowest BCUT2D eigenvalue weighted by molar-refractivity contribution is -0.384. The number of anilines is 1. The normalized spacial score (nSPS) is 23.0. The maximum Gasteiger partial charge on any atom is 0.269 e. The predicted molar refractivity (Wildman–Crippen MR) is 119 cm³/mol. The van der Waals surface area contributed by atoms with E-state index in [1.165, 1.54) is 12.1 Å². The first kappa shape index (κ1) is 20.9. The van der Waals surface area contributed by atoms with Crippen LogP contribution in [0.2, 0.25) is 0 Å². The molecule has 2 fully saturated rings. The van der Waals surface area contributed by atoms with E-state index in [2.05, 4.69) is 9.80 Å². The first-order valence-corrected chi connectivity index (χ1v) is 11.3. The Hall–Kier alpha value is -3.00. The maximum absolute atomic E-state index is 13.5. The molecule has 0 aliphatic carbocycles. The van der Waals surface area contributed by atoms with Crippen molar-refractivity contribution in [2.75, 3.05) is 37.6 Å². The third kappa shape index (κ3) is 3.95. The standard InChI is InChI=1S/C24H27FN4O3/c25-19-5-3-17(4-6-19)15-26-11-12-28-22-8-7-20(29(31)32)13-18(22)14-21(23(28)16-26)24(30)27-9-1-2-10-27/h3-8,13,21,23H,1-2,9-12,14-16H2/t21-,23-/m1/s1. The van der Waals surface area contributed by atoms with Crippen LogP contribution >= 0.6 is 0 Å². The Labute approximate surface area is 186 Å². The number of fused-ring (bicyclic) bond motifs is 3. The second-order valence-electron chi connectivity index (χ2n) is 9.04. The Kier molecular flexibility index (Phi) is 5.55. The number of hydrogen-bond donors (Lipinski definition) is 0. The number of likely N-dealkylation sites (tertiary alicyclic amines) is 1. The monoisotopic (exact) mass is 438 g/mol. The van der Waals surface area contributed by atoms with Crippen molar-refractivity contribution in [1.29, 1.82) is 0 Å². The van der Waals surface area contributed by atoms with E-state index >= 15 is 0 Å². The van der Waals surface area contributed by atoms with E-state index in [-0.39, 0.29) is 34.3 Å². The first-order chi connectivity index (χ1) is 15.5. The highest BCUT2D eigenvalue weighted by Crippen LogP contribution is 2.39. The molecule has 3 aliphatic rings. The molecule has 0 unspecified atom stereocenters. The van der Waals surface area contributed by atoms with Crippen LogP contribution < -0.4 is 4.90 Å². The molecule has 3 heterocycles. The lowest BCUT2D eigenvalue weighted by Gasteiger charge is -2.49. The van der Waals surface area contributed by atoms with E-state index < -0.39 is 0 Å². The Balaban J connectivity index is 1.43. The SMILES string of the molecule is O=C([C@@H]1Cc2cc([N+](=O)[O-])ccc2N2CCN(Cc3ccc(F)cc3)C[C@H]12)N1CCCC1. The zero-order chi connectivity index (χ0) is 22.2. The molecule has 7 nitrogen and oxygen atoms in total. The van der Waals surface area contributed by atoms with Gasteiger partial charge in [0.25, 0.3) is 5.69 Å². The zero-order valence-electron chi connectivity index (χ0n) is 18.0. The van der Waals surface area contributed by atoms with Gasteiger partial charge >= 0.3 is 0 Å². The number of amides is 1. The van der Waals surface area contributed by atoms with Crippen LogP contribution in [0.4, 0.5) is 15.8 Å². The molecule has 5 rings (SSSR count). The van der Waals surface area contributed by atoms with Crippen molar-refractivity contribution in [3.8, 4) is 0 Å². The Morgan fingerprint density at radius 1 is 1.06 bits per heavy atom. The van der Waals surface area contributed by atoms with Gasteiger partial charge in [0.1, 0.15) is 5.82 Å². The van der Waals surface area contributed by atoms with Gasteiger partial charge in [-0.25, -0.2) is 4.39 Å². The van der Waals surface area contributed by atoms with Gasteiger partial charge in [-0.05, 0) is 48.6 Å². The van der Waals surface area contributed by atoms with Crippen molar-refractivity contribution in [2.45, 2.75) is 31.8 Å². The molecule has 3 aliphatic heterocycles. The van der Waals surface area contributed by atoms with Gasteiger partial charge in [0.2, 0.25) is 5.91 Å². The van der Waals surface area contributed by atoms with E-state index in [4.69, 9.17) is 0 Å². The highest BCUT2D eigenvalue weighted by atomic mass is 19.1. The fourth-order valence-corrected chi connectivity index (χ4v) is 5.43. The molecule has 0 bridgehead atoms. The number of piperazine rings is 1. The van der Waals surface area contributed by atoms with Crippen LogP contribution in [0.15, 0.2) is 42.5 Å². The Morgan fingerprint density at radius 2 is 1.81 bits per heavy atom. The summed E-state index contributed by atoms with van der Waals surface area (Å²) in [6.07, 6.45) is 2.59. The molecule has 168 valence electrons. The lowest BCUT2D eigenvalue weighted by atomic mass is 9.82. The summed E-state index contributed by atoms with van der Waals surface area (Å²) >= 11 is 0. The van der Waals surface area contributed by atoms with Gasteiger partial charge in [-0.15, -0.1) is 0 Å². The minimum atomic E-state index is -0.371. The fraction of sp³-hybridized carbons (Fsp3) is 0.458. The molecule has 2 saturated heterocycles. The second-order valence-corrected chi connectivity index (χ2v) is 9.04. The van der Waals surface area contributed by atoms with Crippen LogP contribution in [0.5, 0.6) is 0 Å². The lowest BCUT2D eigenvalue weighted by Crippen LogP contribution is -2.61. The summed E-state index contributed by atoms with van der Waals surface area (Å²) in [7, 11) is 0. The molecule has 0 spiro atoms. The molecule has 0 aromatic heterocycles. The van der Waals surface area contributed by atoms with Crippen LogP contribution in [0.3, 0.4) is 0 Å². The van der Waals surface area contributed by atoms with E-state index in [1.807, 2.05) is 23.1 Å². The first-order valence-electron chi connectivity index (χ1n) is 11.3. The van der Waals surface area contributed by atoms with Gasteiger partial charge in [0, 0.05) is 57.1 Å². The average Bonchev–Trinajstić information content (AvgIpc) is 3.34. The van der Waals surface area contributed by atoms with Crippen LogP contribution in [-0.4, -0.2) is 59.4 Å². The average molecular weight is 439 g/mol. The molecule has 0 radical (unpaired) electrons. The number of halogens is 1. The Bertz CT molecular complexity index is 1020. The summed E-state index contributed by atoms with van der Waals surface area (Å²) in [5.41, 5.74) is 3.02. The number of carbonyl (C=O) groups is 1. The smallest absolute Gasteiger partial charge is 0.269 e. The predicted octanol–water partition coefficient (Wildman–Crippen LogP) is 3.22. The maximum atomic E-state index is 13.5. The van der Waals surface area contributed by atoms with E-state index in [1.54, 1.807) is 12.1 Å². The molecule has 2 aromatic rings. The molecule has 0 N–H and O–H groups in total. The van der Waals surface area contributed by atoms with E-state index in [9.17, 15) is 19.3 Å². The van der Waals surface area contributed by atoms with Gasteiger partial charge in [-0.2, -0.15) is 0 Å². The molecular formula is C24H27FN4O3. The summed E-state index contributed by atoms with van der Waals surface area (Å²) in [6.45, 7) is 4.60. The van der Waals surface area contributed by atoms with E-state index in [0.29, 0.717) is 13.0 Å². The third-order valence-electron chi connectivity index (χ3n) is 7.04. The van der Waals surface area contributed by atoms with Gasteiger partial charge in [-0.1, -0.05) is 12.1 Å². The van der Waals surface area contributed by atoms with Crippen molar-refractivity contribution < 1.29 is 14.1 Å². The van der Waals surface area contributed by atoms with Gasteiger partial charge in [0.15, 0.2) is 0 Å². The van der Waals surface area contributed by atoms with Crippen molar-refractivity contribution in [1.82, 2.24) is 9.80 Å². The molecule has 2 atom stereocenters. The molecule has 0 saturated carbocycles. The number of carbonyl (C=O) groups excluding carboxylic acids is 1. The molecule has 8 heteroatoms. The van der Waals surface area contributed by atoms with Crippen molar-refractivity contribution in [2.24, 2.45) is 5.92 Å². The number of rotatable bonds is 4. The second kappa shape index (κ2) is 8.50. The number of nitro benzene ring substituents is 1. The third-order valence-corrected chi connectivity index (χ3v) is 7.04. The van der Waals surface area contributed by atoms with Gasteiger partial charge in [-0.3, -0.25) is 19.8 Å². The molecule has 1 amide bonds. The quantitative estimate of drug-likeness (QED) is 0.542. The fourth-order valence-electron chi connectivity index (χ4n) is 5.43.